The van der Waals surface area contributed by atoms with Gasteiger partial charge in [-0.3, -0.25) is 49.3 Å². The van der Waals surface area contributed by atoms with E-state index >= 15 is 0 Å². The first-order valence-electron chi connectivity index (χ1n) is 18.6. The summed E-state index contributed by atoms with van der Waals surface area (Å²) in [6.45, 7) is 4.63. The van der Waals surface area contributed by atoms with Gasteiger partial charge in [-0.25, -0.2) is 37.3 Å². The average molecular weight is 1150 g/mol. The fourth-order valence-electron chi connectivity index (χ4n) is 5.26. The van der Waals surface area contributed by atoms with Crippen molar-refractivity contribution in [1.29, 1.82) is 0 Å². The van der Waals surface area contributed by atoms with E-state index in [9.17, 15) is 19.8 Å². The second-order valence-corrected chi connectivity index (χ2v) is 15.2. The number of nitrogens with zero attached hydrogens (tertiary/aromatic N) is 8. The molecule has 6 aromatic heterocycles. The molecule has 0 amide bonds. The van der Waals surface area contributed by atoms with Crippen LogP contribution in [0.4, 0.5) is 0 Å². The fourth-order valence-corrected chi connectivity index (χ4v) is 5.61. The normalized spacial score (nSPS) is 11.6. The van der Waals surface area contributed by atoms with Gasteiger partial charge in [0.15, 0.2) is 11.6 Å². The molecule has 0 saturated carbocycles. The Balaban J connectivity index is -0.000000887. The van der Waals surface area contributed by atoms with Crippen LogP contribution in [0.5, 0.6) is 0 Å². The van der Waals surface area contributed by atoms with Gasteiger partial charge in [0.05, 0.1) is 44.2 Å². The standard InChI is InChI=1S/2C18H18N4.C6H2Cl2O4.2ClHO4.2Mn.3H2O/c2*1-4-10-19-16(7-1)13-22(14-17-8-2-5-11-20-17)15-18-9-3-6-12-21-18;7-1-3(9)5(11)2(8)6(12)4(1)10;2*2-1(3,4)5;;;;;/h2*1-12H,13-15H2;9,12H;2*(H,2,3,4,5);;;3*1H2/q;;;;;2*+2;;;/p-4. The average Bonchev–Trinajstić information content (AvgIpc) is 3.28. The number of carbonyl (C=O) groups excluding carboxylic acids is 2. The monoisotopic (exact) mass is 1150 g/mol. The molecular formula is C42H42Cl4Mn2N8O15. The van der Waals surface area contributed by atoms with Crippen molar-refractivity contribution in [3.8, 4) is 0 Å². The first-order valence-corrected chi connectivity index (χ1v) is 21.8. The maximum absolute atomic E-state index is 10.7. The predicted molar refractivity (Wildman–Crippen MR) is 218 cm³/mol. The van der Waals surface area contributed by atoms with E-state index in [1.165, 1.54) is 0 Å². The Morgan fingerprint density at radius 2 is 0.521 bits per heavy atom. The van der Waals surface area contributed by atoms with Crippen molar-refractivity contribution in [1.82, 2.24) is 39.7 Å². The number of carbonyl (C=O) groups is 2. The van der Waals surface area contributed by atoms with Crippen molar-refractivity contribution in [2.24, 2.45) is 0 Å². The zero-order chi connectivity index (χ0) is 48.5. The Kier molecular flexibility index (Phi) is 36.5. The molecule has 71 heavy (non-hydrogen) atoms. The third-order valence-electron chi connectivity index (χ3n) is 7.88. The van der Waals surface area contributed by atoms with Crippen LogP contribution >= 0.6 is 23.2 Å². The molecule has 0 bridgehead atoms. The minimum atomic E-state index is -4.94. The van der Waals surface area contributed by atoms with Gasteiger partial charge in [0.1, 0.15) is 0 Å². The summed E-state index contributed by atoms with van der Waals surface area (Å²) in [6, 6.07) is 36.0. The number of rotatable bonds is 12. The molecule has 6 N–H and O–H groups in total. The predicted octanol–water partition coefficient (Wildman–Crippen LogP) is -7.08. The molecule has 0 saturated heterocycles. The number of hydrogen-bond donors (Lipinski definition) is 0. The van der Waals surface area contributed by atoms with E-state index < -0.39 is 53.6 Å². The summed E-state index contributed by atoms with van der Waals surface area (Å²) in [5.41, 5.74) is 6.30. The van der Waals surface area contributed by atoms with E-state index in [4.69, 9.17) is 60.5 Å². The maximum atomic E-state index is 10.7. The topological polar surface area (TPSA) is 443 Å². The quantitative estimate of drug-likeness (QED) is 0.0811. The van der Waals surface area contributed by atoms with Crippen LogP contribution in [0.25, 0.3) is 0 Å². The zero-order valence-corrected chi connectivity index (χ0v) is 41.7. The first kappa shape index (κ1) is 70.3. The van der Waals surface area contributed by atoms with Crippen LogP contribution in [-0.4, -0.2) is 67.7 Å². The molecular weight excluding hydrogens is 1110 g/mol. The largest absolute Gasteiger partial charge is 2.00 e. The summed E-state index contributed by atoms with van der Waals surface area (Å²) >= 11 is 10.2. The maximum Gasteiger partial charge on any atom is 2.00 e. The van der Waals surface area contributed by atoms with Gasteiger partial charge >= 0.3 is 34.1 Å². The SMILES string of the molecule is O.O.O.O=C1C([O-])=C(Cl)C(=O)C([O-])=C1Cl.[Mn+2].[Mn+2].[O-][Cl+3]([O-])([O-])[O-].[O-][Cl+3]([O-])([O-])[O-].c1ccc(CN(Cc2ccccn2)Cc2ccccn2)nc1.c1ccc(CN(Cc2ccccn2)Cc2ccccn2)nc1. The van der Waals surface area contributed by atoms with E-state index in [2.05, 4.69) is 39.7 Å². The zero-order valence-electron chi connectivity index (χ0n) is 36.3. The van der Waals surface area contributed by atoms with Crippen molar-refractivity contribution in [3.05, 3.63) is 202 Å². The van der Waals surface area contributed by atoms with Gasteiger partial charge in [-0.1, -0.05) is 59.6 Å². The number of aromatic nitrogens is 6. The number of halogens is 4. The Morgan fingerprint density at radius 3 is 0.648 bits per heavy atom. The van der Waals surface area contributed by atoms with Crippen molar-refractivity contribution in [2.75, 3.05) is 0 Å². The Hall–Kier alpha value is -5.00. The van der Waals surface area contributed by atoms with Crippen LogP contribution in [0.2, 0.25) is 0 Å². The number of Topliss-reactive ketones (excluding diaryl/α,β-unsaturated/α-hetero) is 2. The molecule has 0 aromatic carbocycles. The third-order valence-corrected chi connectivity index (χ3v) is 8.57. The van der Waals surface area contributed by atoms with Gasteiger partial charge in [0.25, 0.3) is 0 Å². The molecule has 382 valence electrons. The minimum Gasteiger partial charge on any atom is -0.869 e. The van der Waals surface area contributed by atoms with Crippen molar-refractivity contribution < 1.29 is 128 Å². The molecule has 0 fully saturated rings. The molecule has 0 unspecified atom stereocenters. The van der Waals surface area contributed by atoms with Gasteiger partial charge < -0.3 is 26.6 Å². The van der Waals surface area contributed by atoms with Crippen molar-refractivity contribution in [3.63, 3.8) is 0 Å². The molecule has 1 aliphatic carbocycles. The summed E-state index contributed by atoms with van der Waals surface area (Å²) < 4.78 is 67.9. The second-order valence-electron chi connectivity index (χ2n) is 12.9. The van der Waals surface area contributed by atoms with Gasteiger partial charge in [-0.2, -0.15) is 0 Å². The van der Waals surface area contributed by atoms with Crippen LogP contribution in [0.15, 0.2) is 168 Å². The van der Waals surface area contributed by atoms with Crippen LogP contribution in [0, 0.1) is 20.5 Å². The summed E-state index contributed by atoms with van der Waals surface area (Å²) in [7, 11) is -9.89. The molecule has 29 heteroatoms. The molecule has 0 aliphatic heterocycles. The van der Waals surface area contributed by atoms with Crippen LogP contribution in [0.1, 0.15) is 34.2 Å². The first-order chi connectivity index (χ1) is 31.3. The fraction of sp³-hybridized carbons (Fsp3) is 0.143. The van der Waals surface area contributed by atoms with E-state index in [-0.39, 0.29) is 50.6 Å². The summed E-state index contributed by atoms with van der Waals surface area (Å²) in [6.07, 6.45) is 11.0. The van der Waals surface area contributed by atoms with E-state index in [1.54, 1.807) is 0 Å². The van der Waals surface area contributed by atoms with Crippen LogP contribution < -0.4 is 47.5 Å². The number of hydrogen-bond acceptors (Lipinski definition) is 20. The second kappa shape index (κ2) is 36.8. The molecule has 23 nitrogen and oxygen atoms in total. The molecule has 6 aromatic rings. The number of allylic oxidation sites excluding steroid dienone is 2. The molecule has 6 heterocycles. The molecule has 0 spiro atoms. The van der Waals surface area contributed by atoms with Gasteiger partial charge in [-0.15, -0.1) is 20.5 Å². The van der Waals surface area contributed by atoms with Crippen molar-refractivity contribution in [2.45, 2.75) is 39.3 Å². The van der Waals surface area contributed by atoms with E-state index in [1.807, 2.05) is 146 Å². The third kappa shape index (κ3) is 31.2. The van der Waals surface area contributed by atoms with Crippen LogP contribution in [-0.2, 0) is 83.0 Å². The molecule has 2 radical (unpaired) electrons. The minimum absolute atomic E-state index is 0. The number of pyridine rings is 6. The van der Waals surface area contributed by atoms with Crippen LogP contribution in [0.3, 0.4) is 0 Å². The van der Waals surface area contributed by atoms with Gasteiger partial charge in [-0.05, 0) is 84.3 Å². The molecule has 1 aliphatic rings. The Labute approximate surface area is 441 Å². The molecule has 7 rings (SSSR count). The van der Waals surface area contributed by atoms with Gasteiger partial charge in [0, 0.05) is 76.4 Å². The van der Waals surface area contributed by atoms with E-state index in [0.717, 1.165) is 73.4 Å². The molecule has 0 atom stereocenters. The van der Waals surface area contributed by atoms with Gasteiger partial charge in [0.2, 0.25) is 0 Å². The van der Waals surface area contributed by atoms with Crippen molar-refractivity contribution >= 4 is 34.8 Å². The Morgan fingerprint density at radius 1 is 0.366 bits per heavy atom. The Bertz CT molecular complexity index is 2020. The summed E-state index contributed by atoms with van der Waals surface area (Å²) in [5.74, 6) is -4.92. The smallest absolute Gasteiger partial charge is 0.869 e. The van der Waals surface area contributed by atoms with E-state index in [0.29, 0.717) is 0 Å². The number of ketones is 2. The summed E-state index contributed by atoms with van der Waals surface area (Å²) in [4.78, 5) is 52.5. The summed E-state index contributed by atoms with van der Waals surface area (Å²) in [5, 5.41) is 19.6.